The van der Waals surface area contributed by atoms with Crippen LogP contribution in [-0.4, -0.2) is 59.2 Å². The van der Waals surface area contributed by atoms with Gasteiger partial charge in [0, 0.05) is 68.3 Å². The van der Waals surface area contributed by atoms with Crippen molar-refractivity contribution in [1.29, 1.82) is 0 Å². The predicted octanol–water partition coefficient (Wildman–Crippen LogP) is 2.82. The van der Waals surface area contributed by atoms with Gasteiger partial charge in [0.1, 0.15) is 0 Å². The van der Waals surface area contributed by atoms with Crippen LogP contribution >= 0.6 is 0 Å². The highest BCUT2D eigenvalue weighted by molar-refractivity contribution is 5.83. The van der Waals surface area contributed by atoms with Crippen molar-refractivity contribution >= 4 is 22.8 Å². The number of aromatic nitrogens is 2. The molecule has 1 amide bonds. The second kappa shape index (κ2) is 8.23. The molecular weight excluding hydrogens is 388 g/mol. The maximum absolute atomic E-state index is 12.6. The third kappa shape index (κ3) is 3.97. The van der Waals surface area contributed by atoms with Crippen LogP contribution in [0.3, 0.4) is 0 Å². The smallest absolute Gasteiger partial charge is 0.226 e. The highest BCUT2D eigenvalue weighted by Gasteiger charge is 2.37. The first-order valence-corrected chi connectivity index (χ1v) is 11.2. The van der Waals surface area contributed by atoms with Gasteiger partial charge in [0.05, 0.1) is 11.2 Å². The molecule has 1 saturated heterocycles. The molecule has 2 aromatic heterocycles. The van der Waals surface area contributed by atoms with Gasteiger partial charge in [-0.1, -0.05) is 12.1 Å². The molecule has 31 heavy (non-hydrogen) atoms. The SMILES string of the molecule is C[C@@H]1CN(c2ccnn3cc(-c4ccc(NCCN)cc4)cc23)CCN1C(=O)C1CC1. The molecule has 3 heterocycles. The molecule has 7 heteroatoms. The number of piperazine rings is 1. The lowest BCUT2D eigenvalue weighted by molar-refractivity contribution is -0.134. The quantitative estimate of drug-likeness (QED) is 0.644. The number of anilines is 2. The lowest BCUT2D eigenvalue weighted by atomic mass is 10.1. The molecule has 1 aliphatic carbocycles. The van der Waals surface area contributed by atoms with E-state index in [0.29, 0.717) is 12.5 Å². The summed E-state index contributed by atoms with van der Waals surface area (Å²) in [5.74, 6) is 0.633. The summed E-state index contributed by atoms with van der Waals surface area (Å²) in [7, 11) is 0. The number of benzene rings is 1. The first-order chi connectivity index (χ1) is 15.1. The van der Waals surface area contributed by atoms with Gasteiger partial charge < -0.3 is 20.9 Å². The van der Waals surface area contributed by atoms with Crippen LogP contribution in [0.25, 0.3) is 16.6 Å². The van der Waals surface area contributed by atoms with Crippen LogP contribution in [0.2, 0.25) is 0 Å². The Morgan fingerprint density at radius 3 is 2.68 bits per heavy atom. The summed E-state index contributed by atoms with van der Waals surface area (Å²) in [5.41, 5.74) is 11.2. The summed E-state index contributed by atoms with van der Waals surface area (Å²) in [5, 5.41) is 7.83. The Balaban J connectivity index is 1.37. The Labute approximate surface area is 182 Å². The molecule has 0 bridgehead atoms. The van der Waals surface area contributed by atoms with E-state index in [1.807, 2.05) is 10.7 Å². The largest absolute Gasteiger partial charge is 0.384 e. The number of carbonyl (C=O) groups is 1. The van der Waals surface area contributed by atoms with Crippen molar-refractivity contribution in [1.82, 2.24) is 14.5 Å². The molecule has 2 aliphatic rings. The standard InChI is InChI=1S/C24H30N6O/c1-17-15-28(12-13-29(17)24(31)19-2-3-19)22-8-10-27-30-16-20(14-23(22)30)18-4-6-21(7-5-18)26-11-9-25/h4-8,10,14,16-17,19,26H,2-3,9,11-13,15,25H2,1H3/t17-/m1/s1. The summed E-state index contributed by atoms with van der Waals surface area (Å²) < 4.78 is 1.96. The Kier molecular flexibility index (Phi) is 5.28. The Morgan fingerprint density at radius 1 is 1.16 bits per heavy atom. The molecule has 1 saturated carbocycles. The maximum Gasteiger partial charge on any atom is 0.226 e. The molecule has 1 atom stereocenters. The van der Waals surface area contributed by atoms with Gasteiger partial charge in [0.15, 0.2) is 0 Å². The van der Waals surface area contributed by atoms with Gasteiger partial charge in [-0.25, -0.2) is 4.52 Å². The summed E-state index contributed by atoms with van der Waals surface area (Å²) in [6, 6.07) is 12.9. The molecule has 0 spiro atoms. The van der Waals surface area contributed by atoms with Gasteiger partial charge in [0.2, 0.25) is 5.91 Å². The number of fused-ring (bicyclic) bond motifs is 1. The number of nitrogens with one attached hydrogen (secondary N) is 1. The Morgan fingerprint density at radius 2 is 1.97 bits per heavy atom. The molecule has 0 radical (unpaired) electrons. The first kappa shape index (κ1) is 19.9. The minimum absolute atomic E-state index is 0.220. The van der Waals surface area contributed by atoms with E-state index in [1.165, 1.54) is 5.69 Å². The van der Waals surface area contributed by atoms with Crippen LogP contribution in [0.1, 0.15) is 19.8 Å². The second-order valence-electron chi connectivity index (χ2n) is 8.67. The van der Waals surface area contributed by atoms with Crippen molar-refractivity contribution < 1.29 is 4.79 Å². The molecule has 2 fully saturated rings. The number of carbonyl (C=O) groups excluding carboxylic acids is 1. The van der Waals surface area contributed by atoms with E-state index >= 15 is 0 Å². The van der Waals surface area contributed by atoms with Crippen molar-refractivity contribution in [2.45, 2.75) is 25.8 Å². The predicted molar refractivity (Wildman–Crippen MR) is 124 cm³/mol. The normalized spacial score (nSPS) is 19.1. The summed E-state index contributed by atoms with van der Waals surface area (Å²) in [6.45, 7) is 6.03. The molecule has 1 aromatic carbocycles. The van der Waals surface area contributed by atoms with Crippen molar-refractivity contribution in [3.05, 3.63) is 48.8 Å². The molecule has 5 rings (SSSR count). The minimum atomic E-state index is 0.220. The zero-order valence-electron chi connectivity index (χ0n) is 18.0. The highest BCUT2D eigenvalue weighted by Crippen LogP contribution is 2.34. The lowest BCUT2D eigenvalue weighted by Gasteiger charge is -2.41. The zero-order valence-corrected chi connectivity index (χ0v) is 18.0. The van der Waals surface area contributed by atoms with Crippen LogP contribution in [-0.2, 0) is 4.79 Å². The van der Waals surface area contributed by atoms with Gasteiger partial charge in [0.25, 0.3) is 0 Å². The molecule has 0 unspecified atom stereocenters. The van der Waals surface area contributed by atoms with Crippen molar-refractivity contribution in [3.8, 4) is 11.1 Å². The molecule has 3 N–H and O–H groups in total. The van der Waals surface area contributed by atoms with Crippen molar-refractivity contribution in [2.75, 3.05) is 42.9 Å². The van der Waals surface area contributed by atoms with Crippen molar-refractivity contribution in [2.24, 2.45) is 11.7 Å². The number of rotatable bonds is 6. The third-order valence-corrected chi connectivity index (χ3v) is 6.36. The average Bonchev–Trinajstić information content (AvgIpc) is 3.55. The summed E-state index contributed by atoms with van der Waals surface area (Å²) in [4.78, 5) is 17.0. The fourth-order valence-corrected chi connectivity index (χ4v) is 4.49. The number of nitrogens with zero attached hydrogens (tertiary/aromatic N) is 4. The second-order valence-corrected chi connectivity index (χ2v) is 8.67. The number of hydrogen-bond acceptors (Lipinski definition) is 5. The molecule has 7 nitrogen and oxygen atoms in total. The van der Waals surface area contributed by atoms with E-state index in [4.69, 9.17) is 5.73 Å². The molecular formula is C24H30N6O. The van der Waals surface area contributed by atoms with E-state index in [2.05, 4.69) is 69.7 Å². The monoisotopic (exact) mass is 418 g/mol. The van der Waals surface area contributed by atoms with E-state index < -0.39 is 0 Å². The first-order valence-electron chi connectivity index (χ1n) is 11.2. The fourth-order valence-electron chi connectivity index (χ4n) is 4.49. The number of nitrogens with two attached hydrogens (primary N) is 1. The van der Waals surface area contributed by atoms with Crippen LogP contribution in [0, 0.1) is 5.92 Å². The maximum atomic E-state index is 12.6. The average molecular weight is 419 g/mol. The lowest BCUT2D eigenvalue weighted by Crippen LogP contribution is -2.54. The van der Waals surface area contributed by atoms with Crippen molar-refractivity contribution in [3.63, 3.8) is 0 Å². The molecule has 162 valence electrons. The highest BCUT2D eigenvalue weighted by atomic mass is 16.2. The number of amides is 1. The van der Waals surface area contributed by atoms with E-state index in [0.717, 1.165) is 61.4 Å². The Hall–Kier alpha value is -3.06. The minimum Gasteiger partial charge on any atom is -0.384 e. The van der Waals surface area contributed by atoms with E-state index in [9.17, 15) is 4.79 Å². The van der Waals surface area contributed by atoms with Crippen LogP contribution in [0.5, 0.6) is 0 Å². The third-order valence-electron chi connectivity index (χ3n) is 6.36. The fraction of sp³-hybridized carbons (Fsp3) is 0.417. The summed E-state index contributed by atoms with van der Waals surface area (Å²) >= 11 is 0. The summed E-state index contributed by atoms with van der Waals surface area (Å²) in [6.07, 6.45) is 6.07. The Bertz CT molecular complexity index is 1070. The van der Waals surface area contributed by atoms with Crippen LogP contribution in [0.4, 0.5) is 11.4 Å². The number of hydrogen-bond donors (Lipinski definition) is 2. The van der Waals surface area contributed by atoms with Gasteiger partial charge in [-0.2, -0.15) is 5.10 Å². The van der Waals surface area contributed by atoms with Gasteiger partial charge in [-0.3, -0.25) is 4.79 Å². The van der Waals surface area contributed by atoms with E-state index in [-0.39, 0.29) is 12.0 Å². The van der Waals surface area contributed by atoms with Gasteiger partial charge in [-0.05, 0) is 49.6 Å². The van der Waals surface area contributed by atoms with Crippen LogP contribution < -0.4 is 16.0 Å². The molecule has 3 aromatic rings. The van der Waals surface area contributed by atoms with E-state index in [1.54, 1.807) is 0 Å². The van der Waals surface area contributed by atoms with Gasteiger partial charge in [-0.15, -0.1) is 0 Å². The van der Waals surface area contributed by atoms with Crippen LogP contribution in [0.15, 0.2) is 48.8 Å². The topological polar surface area (TPSA) is 78.9 Å². The molecule has 1 aliphatic heterocycles. The van der Waals surface area contributed by atoms with Gasteiger partial charge >= 0.3 is 0 Å². The zero-order chi connectivity index (χ0) is 21.4.